The minimum Gasteiger partial charge on any atom is -0.384 e. The van der Waals surface area contributed by atoms with E-state index in [0.717, 1.165) is 31.6 Å². The Balaban J connectivity index is 1.71. The van der Waals surface area contributed by atoms with Crippen LogP contribution in [0.3, 0.4) is 0 Å². The summed E-state index contributed by atoms with van der Waals surface area (Å²) >= 11 is 0. The maximum atomic E-state index is 8.97. The van der Waals surface area contributed by atoms with Crippen molar-refractivity contribution in [3.63, 3.8) is 0 Å². The van der Waals surface area contributed by atoms with Crippen molar-refractivity contribution in [2.45, 2.75) is 19.5 Å². The van der Waals surface area contributed by atoms with Crippen molar-refractivity contribution < 1.29 is 0 Å². The molecule has 0 aliphatic carbocycles. The summed E-state index contributed by atoms with van der Waals surface area (Å²) in [4.78, 5) is 2.28. The summed E-state index contributed by atoms with van der Waals surface area (Å²) in [5.74, 6) is 0. The Morgan fingerprint density at radius 1 is 1.19 bits per heavy atom. The summed E-state index contributed by atoms with van der Waals surface area (Å²) in [5.41, 5.74) is 5.99. The Morgan fingerprint density at radius 2 is 2.05 bits per heavy atom. The number of hydrogen-bond acceptors (Lipinski definition) is 3. The Bertz CT molecular complexity index is 685. The number of anilines is 1. The van der Waals surface area contributed by atoms with Crippen LogP contribution >= 0.6 is 0 Å². The third kappa shape index (κ3) is 3.07. The van der Waals surface area contributed by atoms with E-state index in [1.807, 2.05) is 18.2 Å². The molecule has 3 heteroatoms. The third-order valence-electron chi connectivity index (χ3n) is 3.88. The number of rotatable bonds is 4. The van der Waals surface area contributed by atoms with Crippen LogP contribution in [0.25, 0.3) is 0 Å². The van der Waals surface area contributed by atoms with Gasteiger partial charge in [0.2, 0.25) is 0 Å². The maximum Gasteiger partial charge on any atom is 0.0991 e. The van der Waals surface area contributed by atoms with E-state index in [9.17, 15) is 0 Å². The zero-order valence-electron chi connectivity index (χ0n) is 12.3. The topological polar surface area (TPSA) is 39.1 Å². The van der Waals surface area contributed by atoms with Gasteiger partial charge in [0.1, 0.15) is 0 Å². The molecule has 3 rings (SSSR count). The number of fused-ring (bicyclic) bond motifs is 1. The monoisotopic (exact) mass is 277 g/mol. The van der Waals surface area contributed by atoms with Gasteiger partial charge in [0.15, 0.2) is 0 Å². The van der Waals surface area contributed by atoms with Crippen molar-refractivity contribution in [2.24, 2.45) is 0 Å². The molecule has 2 aromatic carbocycles. The van der Waals surface area contributed by atoms with Crippen LogP contribution in [-0.4, -0.2) is 18.5 Å². The first-order valence-electron chi connectivity index (χ1n) is 7.28. The number of nitrogens with one attached hydrogen (secondary N) is 1. The first kappa shape index (κ1) is 13.7. The lowest BCUT2D eigenvalue weighted by Crippen LogP contribution is -2.18. The molecule has 0 radical (unpaired) electrons. The molecule has 0 bridgehead atoms. The van der Waals surface area contributed by atoms with Crippen LogP contribution < -0.4 is 5.32 Å². The number of nitrogens with zero attached hydrogens (tertiary/aromatic N) is 2. The van der Waals surface area contributed by atoms with Crippen LogP contribution in [0.2, 0.25) is 0 Å². The van der Waals surface area contributed by atoms with Crippen LogP contribution in [0.5, 0.6) is 0 Å². The number of hydrogen-bond donors (Lipinski definition) is 1. The van der Waals surface area contributed by atoms with Crippen LogP contribution in [-0.2, 0) is 19.5 Å². The van der Waals surface area contributed by atoms with Gasteiger partial charge in [-0.2, -0.15) is 5.26 Å². The average molecular weight is 277 g/mol. The van der Waals surface area contributed by atoms with Crippen LogP contribution in [0, 0.1) is 11.3 Å². The fourth-order valence-electron chi connectivity index (χ4n) is 2.94. The van der Waals surface area contributed by atoms with Crippen molar-refractivity contribution in [3.05, 3.63) is 64.7 Å². The Labute approximate surface area is 125 Å². The van der Waals surface area contributed by atoms with Gasteiger partial charge in [-0.25, -0.2) is 0 Å². The Morgan fingerprint density at radius 3 is 2.90 bits per heavy atom. The van der Waals surface area contributed by atoms with Gasteiger partial charge in [-0.3, -0.25) is 4.90 Å². The van der Waals surface area contributed by atoms with Crippen molar-refractivity contribution in [1.29, 1.82) is 5.26 Å². The van der Waals surface area contributed by atoms with E-state index in [2.05, 4.69) is 47.6 Å². The van der Waals surface area contributed by atoms with Crippen molar-refractivity contribution in [2.75, 3.05) is 18.9 Å². The largest absolute Gasteiger partial charge is 0.384 e. The zero-order valence-corrected chi connectivity index (χ0v) is 12.3. The summed E-state index contributed by atoms with van der Waals surface area (Å²) in [6.07, 6.45) is 1.12. The van der Waals surface area contributed by atoms with E-state index in [-0.39, 0.29) is 0 Å². The molecule has 2 aromatic rings. The highest BCUT2D eigenvalue weighted by Gasteiger charge is 2.14. The quantitative estimate of drug-likeness (QED) is 0.933. The summed E-state index contributed by atoms with van der Waals surface area (Å²) in [6.45, 7) is 2.80. The molecule has 106 valence electrons. The molecular formula is C18H19N3. The lowest BCUT2D eigenvalue weighted by molar-refractivity contribution is 0.319. The molecule has 0 saturated heterocycles. The van der Waals surface area contributed by atoms with E-state index in [4.69, 9.17) is 5.26 Å². The van der Waals surface area contributed by atoms with E-state index >= 15 is 0 Å². The molecule has 0 saturated carbocycles. The van der Waals surface area contributed by atoms with Gasteiger partial charge in [-0.1, -0.05) is 30.3 Å². The summed E-state index contributed by atoms with van der Waals surface area (Å²) < 4.78 is 0. The molecule has 0 spiro atoms. The van der Waals surface area contributed by atoms with Crippen LogP contribution in [0.1, 0.15) is 22.3 Å². The van der Waals surface area contributed by atoms with E-state index < -0.39 is 0 Å². The zero-order chi connectivity index (χ0) is 14.7. The highest BCUT2D eigenvalue weighted by Crippen LogP contribution is 2.27. The summed E-state index contributed by atoms with van der Waals surface area (Å²) in [7, 11) is 2.12. The van der Waals surface area contributed by atoms with Gasteiger partial charge in [0.25, 0.3) is 0 Å². The molecular weight excluding hydrogens is 258 g/mol. The lowest BCUT2D eigenvalue weighted by atomic mass is 10.1. The third-order valence-corrected chi connectivity index (χ3v) is 3.88. The Kier molecular flexibility index (Phi) is 3.89. The minimum atomic E-state index is 0.725. The molecule has 1 heterocycles. The van der Waals surface area contributed by atoms with Gasteiger partial charge in [-0.15, -0.1) is 0 Å². The van der Waals surface area contributed by atoms with Gasteiger partial charge in [0.05, 0.1) is 11.6 Å². The highest BCUT2D eigenvalue weighted by atomic mass is 15.1. The molecule has 0 atom stereocenters. The van der Waals surface area contributed by atoms with Crippen molar-refractivity contribution in [1.82, 2.24) is 4.90 Å². The molecule has 0 fully saturated rings. The molecule has 1 aliphatic rings. The Hall–Kier alpha value is -2.31. The summed E-state index contributed by atoms with van der Waals surface area (Å²) in [6, 6.07) is 16.6. The van der Waals surface area contributed by atoms with Crippen molar-refractivity contribution in [3.8, 4) is 6.07 Å². The summed E-state index contributed by atoms with van der Waals surface area (Å²) in [5, 5.41) is 12.5. The fourth-order valence-corrected chi connectivity index (χ4v) is 2.94. The first-order valence-corrected chi connectivity index (χ1v) is 7.28. The molecule has 3 nitrogen and oxygen atoms in total. The number of nitriles is 1. The van der Waals surface area contributed by atoms with Crippen molar-refractivity contribution >= 4 is 5.69 Å². The smallest absolute Gasteiger partial charge is 0.0991 e. The van der Waals surface area contributed by atoms with Gasteiger partial charge in [0, 0.05) is 25.3 Å². The fraction of sp³-hybridized carbons (Fsp3) is 0.278. The SMILES string of the molecule is CN(Cc1cccc(C#N)c1)Cc1cccc2c1NCC2. The van der Waals surface area contributed by atoms with E-state index in [1.165, 1.54) is 22.4 Å². The molecule has 1 N–H and O–H groups in total. The molecule has 0 amide bonds. The molecule has 0 aromatic heterocycles. The van der Waals surface area contributed by atoms with E-state index in [1.54, 1.807) is 0 Å². The highest BCUT2D eigenvalue weighted by molar-refractivity contribution is 5.61. The minimum absolute atomic E-state index is 0.725. The second-order valence-corrected chi connectivity index (χ2v) is 5.61. The van der Waals surface area contributed by atoms with Gasteiger partial charge >= 0.3 is 0 Å². The number of para-hydroxylation sites is 1. The van der Waals surface area contributed by atoms with Gasteiger partial charge in [-0.05, 0) is 42.3 Å². The average Bonchev–Trinajstić information content (AvgIpc) is 2.97. The lowest BCUT2D eigenvalue weighted by Gasteiger charge is -2.19. The maximum absolute atomic E-state index is 8.97. The number of benzene rings is 2. The van der Waals surface area contributed by atoms with Crippen LogP contribution in [0.4, 0.5) is 5.69 Å². The van der Waals surface area contributed by atoms with E-state index in [0.29, 0.717) is 0 Å². The van der Waals surface area contributed by atoms with Gasteiger partial charge < -0.3 is 5.32 Å². The molecule has 0 unspecified atom stereocenters. The second-order valence-electron chi connectivity index (χ2n) is 5.61. The normalized spacial score (nSPS) is 12.8. The predicted octanol–water partition coefficient (Wildman–Crippen LogP) is 3.16. The first-order chi connectivity index (χ1) is 10.3. The molecule has 1 aliphatic heterocycles. The standard InChI is InChI=1S/C18H19N3/c1-21(12-15-5-2-4-14(10-15)11-19)13-17-7-3-6-16-8-9-20-18(16)17/h2-7,10,20H,8-9,12-13H2,1H3. The second kappa shape index (κ2) is 5.99. The molecule has 21 heavy (non-hydrogen) atoms. The predicted molar refractivity (Wildman–Crippen MR) is 85.0 cm³/mol. The van der Waals surface area contributed by atoms with Crippen LogP contribution in [0.15, 0.2) is 42.5 Å².